The average molecular weight is 444 g/mol. The van der Waals surface area contributed by atoms with Crippen LogP contribution in [0.4, 0.5) is 26.3 Å². The third-order valence-electron chi connectivity index (χ3n) is 2.95. The average Bonchev–Trinajstić information content (AvgIpc) is 2.55. The van der Waals surface area contributed by atoms with Crippen molar-refractivity contribution in [2.45, 2.75) is 28.4 Å². The SMILES string of the molecule is Cc1ccc([S+](/C=C/C(F)(F)F)c2ccccc2)cc1.O=S(=O)([O-])C(F)(F)F. The standard InChI is InChI=1S/C16H14F3S.CHF3O3S/c1-13-7-9-15(10-8-13)20(12-11-16(17,18)19)14-5-3-2-4-6-14;2-1(3,4)8(5,6)7/h2-12H,1H3;(H,5,6,7)/q+1;/p-1/b12-11+;. The van der Waals surface area contributed by atoms with Crippen LogP contribution in [0.3, 0.4) is 0 Å². The summed E-state index contributed by atoms with van der Waals surface area (Å²) in [5.41, 5.74) is -4.56. The second-order valence-electron chi connectivity index (χ2n) is 5.21. The Morgan fingerprint density at radius 2 is 1.29 bits per heavy atom. The Morgan fingerprint density at radius 1 is 0.857 bits per heavy atom. The Labute approximate surface area is 160 Å². The molecule has 0 aliphatic carbocycles. The molecule has 1 atom stereocenters. The van der Waals surface area contributed by atoms with Crippen molar-refractivity contribution in [3.05, 3.63) is 71.6 Å². The zero-order valence-electron chi connectivity index (χ0n) is 14.2. The van der Waals surface area contributed by atoms with Crippen LogP contribution in [0, 0.1) is 6.92 Å². The number of halogens is 6. The first-order valence-corrected chi connectivity index (χ1v) is 10.0. The van der Waals surface area contributed by atoms with Gasteiger partial charge in [-0.15, -0.1) is 0 Å². The molecular weight excluding hydrogens is 430 g/mol. The normalized spacial score (nSPS) is 13.7. The van der Waals surface area contributed by atoms with E-state index in [1.54, 1.807) is 0 Å². The maximum absolute atomic E-state index is 12.4. The third kappa shape index (κ3) is 8.36. The summed E-state index contributed by atoms with van der Waals surface area (Å²) < 4.78 is 96.2. The zero-order chi connectivity index (χ0) is 21.6. The predicted molar refractivity (Wildman–Crippen MR) is 92.5 cm³/mol. The fraction of sp³-hybridized carbons (Fsp3) is 0.176. The van der Waals surface area contributed by atoms with Gasteiger partial charge in [0.25, 0.3) is 0 Å². The van der Waals surface area contributed by atoms with Crippen LogP contribution >= 0.6 is 0 Å². The van der Waals surface area contributed by atoms with Crippen LogP contribution in [0.25, 0.3) is 0 Å². The van der Waals surface area contributed by atoms with Crippen molar-refractivity contribution >= 4 is 21.0 Å². The summed E-state index contributed by atoms with van der Waals surface area (Å²) in [4.78, 5) is 1.75. The van der Waals surface area contributed by atoms with E-state index in [4.69, 9.17) is 13.0 Å². The Kier molecular flexibility index (Phi) is 8.15. The Bertz CT molecular complexity index is 874. The lowest BCUT2D eigenvalue weighted by Gasteiger charge is -2.08. The van der Waals surface area contributed by atoms with Crippen LogP contribution in [0.2, 0.25) is 0 Å². The molecule has 2 aromatic carbocycles. The van der Waals surface area contributed by atoms with E-state index in [0.717, 1.165) is 15.4 Å². The van der Waals surface area contributed by atoms with Crippen molar-refractivity contribution in [1.29, 1.82) is 0 Å². The molecule has 0 aliphatic heterocycles. The van der Waals surface area contributed by atoms with Gasteiger partial charge in [0.15, 0.2) is 19.9 Å². The summed E-state index contributed by atoms with van der Waals surface area (Å²) >= 11 is 0. The lowest BCUT2D eigenvalue weighted by molar-refractivity contribution is -0.0796. The van der Waals surface area contributed by atoms with Crippen molar-refractivity contribution in [2.75, 3.05) is 0 Å². The molecule has 2 aromatic rings. The van der Waals surface area contributed by atoms with Gasteiger partial charge in [-0.25, -0.2) is 8.42 Å². The van der Waals surface area contributed by atoms with E-state index in [2.05, 4.69) is 0 Å². The van der Waals surface area contributed by atoms with Crippen molar-refractivity contribution in [3.8, 4) is 0 Å². The number of alkyl halides is 6. The predicted octanol–water partition coefficient (Wildman–Crippen LogP) is 5.16. The lowest BCUT2D eigenvalue weighted by atomic mass is 10.2. The van der Waals surface area contributed by atoms with E-state index < -0.39 is 32.7 Å². The first kappa shape index (κ1) is 24.1. The van der Waals surface area contributed by atoms with Gasteiger partial charge >= 0.3 is 11.7 Å². The first-order chi connectivity index (χ1) is 12.7. The quantitative estimate of drug-likeness (QED) is 0.285. The summed E-state index contributed by atoms with van der Waals surface area (Å²) in [5, 5.41) is 1.24. The molecule has 0 N–H and O–H groups in total. The number of allylic oxidation sites excluding steroid dienone is 1. The van der Waals surface area contributed by atoms with Crippen molar-refractivity contribution in [1.82, 2.24) is 0 Å². The van der Waals surface area contributed by atoms with Gasteiger partial charge < -0.3 is 4.55 Å². The highest BCUT2D eigenvalue weighted by molar-refractivity contribution is 7.99. The van der Waals surface area contributed by atoms with E-state index in [-0.39, 0.29) is 0 Å². The van der Waals surface area contributed by atoms with Gasteiger partial charge in [0, 0.05) is 0 Å². The second kappa shape index (κ2) is 9.48. The first-order valence-electron chi connectivity index (χ1n) is 7.34. The molecule has 0 aromatic heterocycles. The maximum Gasteiger partial charge on any atom is 0.485 e. The molecule has 0 fully saturated rings. The highest BCUT2D eigenvalue weighted by Crippen LogP contribution is 2.27. The summed E-state index contributed by atoms with van der Waals surface area (Å²) in [7, 11) is -6.80. The molecule has 154 valence electrons. The van der Waals surface area contributed by atoms with Gasteiger partial charge in [-0.1, -0.05) is 35.9 Å². The number of hydrogen-bond acceptors (Lipinski definition) is 3. The van der Waals surface area contributed by atoms with Crippen LogP contribution < -0.4 is 0 Å². The molecule has 0 saturated heterocycles. The van der Waals surface area contributed by atoms with Crippen molar-refractivity contribution in [3.63, 3.8) is 0 Å². The highest BCUT2D eigenvalue weighted by atomic mass is 32.2. The largest absolute Gasteiger partial charge is 0.741 e. The number of rotatable bonds is 3. The molecule has 2 rings (SSSR count). The minimum atomic E-state index is -6.09. The number of benzene rings is 2. The summed E-state index contributed by atoms with van der Waals surface area (Å²) in [6.45, 7) is 1.95. The molecule has 0 aliphatic rings. The van der Waals surface area contributed by atoms with E-state index in [1.807, 2.05) is 61.5 Å². The molecule has 0 bridgehead atoms. The molecule has 0 amide bonds. The van der Waals surface area contributed by atoms with Gasteiger partial charge in [0.05, 0.1) is 17.0 Å². The highest BCUT2D eigenvalue weighted by Gasteiger charge is 2.37. The maximum atomic E-state index is 12.4. The molecule has 0 spiro atoms. The van der Waals surface area contributed by atoms with Gasteiger partial charge in [-0.3, -0.25) is 0 Å². The molecule has 3 nitrogen and oxygen atoms in total. The van der Waals surface area contributed by atoms with Crippen LogP contribution in [-0.2, 0) is 21.0 Å². The van der Waals surface area contributed by atoms with Gasteiger partial charge in [-0.2, -0.15) is 26.3 Å². The van der Waals surface area contributed by atoms with Crippen LogP contribution in [-0.4, -0.2) is 24.7 Å². The molecule has 0 radical (unpaired) electrons. The summed E-state index contributed by atoms with van der Waals surface area (Å²) in [6, 6.07) is 16.8. The van der Waals surface area contributed by atoms with E-state index in [1.165, 1.54) is 5.41 Å². The van der Waals surface area contributed by atoms with Crippen molar-refractivity contribution < 1.29 is 39.3 Å². The third-order valence-corrected chi connectivity index (χ3v) is 5.48. The topological polar surface area (TPSA) is 57.2 Å². The van der Waals surface area contributed by atoms with E-state index >= 15 is 0 Å². The lowest BCUT2D eigenvalue weighted by Crippen LogP contribution is -2.21. The number of aryl methyl sites for hydroxylation is 1. The van der Waals surface area contributed by atoms with Crippen molar-refractivity contribution in [2.24, 2.45) is 0 Å². The minimum Gasteiger partial charge on any atom is -0.741 e. The Balaban J connectivity index is 0.000000416. The summed E-state index contributed by atoms with van der Waals surface area (Å²) in [5.74, 6) is 0. The minimum absolute atomic E-state index is 0.322. The fourth-order valence-electron chi connectivity index (χ4n) is 1.69. The molecule has 28 heavy (non-hydrogen) atoms. The van der Waals surface area contributed by atoms with E-state index in [0.29, 0.717) is 6.08 Å². The molecule has 0 heterocycles. The van der Waals surface area contributed by atoms with Crippen LogP contribution in [0.5, 0.6) is 0 Å². The van der Waals surface area contributed by atoms with Gasteiger partial charge in [-0.05, 0) is 31.2 Å². The van der Waals surface area contributed by atoms with Gasteiger partial charge in [0.2, 0.25) is 0 Å². The van der Waals surface area contributed by atoms with Crippen LogP contribution in [0.1, 0.15) is 5.56 Å². The molecule has 11 heteroatoms. The van der Waals surface area contributed by atoms with E-state index in [9.17, 15) is 26.3 Å². The van der Waals surface area contributed by atoms with Gasteiger partial charge in [0.1, 0.15) is 5.41 Å². The zero-order valence-corrected chi connectivity index (χ0v) is 15.8. The number of hydrogen-bond donors (Lipinski definition) is 0. The van der Waals surface area contributed by atoms with Crippen LogP contribution in [0.15, 0.2) is 75.9 Å². The molecule has 0 saturated carbocycles. The fourth-order valence-corrected chi connectivity index (χ4v) is 3.45. The Hall–Kier alpha value is -1.98. The smallest absolute Gasteiger partial charge is 0.485 e. The monoisotopic (exact) mass is 444 g/mol. The second-order valence-corrected chi connectivity index (χ2v) is 8.47. The molecule has 1 unspecified atom stereocenters. The summed E-state index contributed by atoms with van der Waals surface area (Å²) in [6.07, 6.45) is -3.96. The molecular formula is C17H14F6O3S2. The Morgan fingerprint density at radius 3 is 1.68 bits per heavy atom.